The van der Waals surface area contributed by atoms with E-state index >= 15 is 0 Å². The predicted octanol–water partition coefficient (Wildman–Crippen LogP) is 3.98. The van der Waals surface area contributed by atoms with Crippen molar-refractivity contribution in [1.82, 2.24) is 10.2 Å². The first-order chi connectivity index (χ1) is 15.8. The van der Waals surface area contributed by atoms with E-state index in [4.69, 9.17) is 9.47 Å². The molecule has 2 fully saturated rings. The van der Waals surface area contributed by atoms with Crippen molar-refractivity contribution in [3.05, 3.63) is 54.1 Å². The summed E-state index contributed by atoms with van der Waals surface area (Å²) in [5.41, 5.74) is 2.45. The largest absolute Gasteiger partial charge is 0.454 e. The Morgan fingerprint density at radius 1 is 0.938 bits per heavy atom. The smallest absolute Gasteiger partial charge is 0.231 e. The third-order valence-corrected chi connectivity index (χ3v) is 7.10. The second-order valence-corrected chi connectivity index (χ2v) is 9.07. The zero-order valence-corrected chi connectivity index (χ0v) is 18.7. The van der Waals surface area contributed by atoms with Gasteiger partial charge in [-0.25, -0.2) is 0 Å². The number of nitrogens with one attached hydrogen (secondary N) is 1. The van der Waals surface area contributed by atoms with E-state index in [1.807, 2.05) is 6.07 Å². The van der Waals surface area contributed by atoms with Gasteiger partial charge in [-0.05, 0) is 42.7 Å². The lowest BCUT2D eigenvalue weighted by Gasteiger charge is -2.40. The summed E-state index contributed by atoms with van der Waals surface area (Å²) < 4.78 is 11.1. The summed E-state index contributed by atoms with van der Waals surface area (Å²) in [7, 11) is 0. The first-order valence-electron chi connectivity index (χ1n) is 12.0. The third-order valence-electron chi connectivity index (χ3n) is 7.10. The molecule has 0 aromatic heterocycles. The Morgan fingerprint density at radius 2 is 1.69 bits per heavy atom. The molecule has 0 bridgehead atoms. The van der Waals surface area contributed by atoms with Gasteiger partial charge in [0.1, 0.15) is 0 Å². The maximum Gasteiger partial charge on any atom is 0.231 e. The van der Waals surface area contributed by atoms with E-state index < -0.39 is 0 Å². The molecule has 1 atom stereocenters. The van der Waals surface area contributed by atoms with Gasteiger partial charge in [0.15, 0.2) is 11.5 Å². The number of amides is 1. The van der Waals surface area contributed by atoms with E-state index in [0.717, 1.165) is 50.5 Å². The lowest BCUT2D eigenvalue weighted by atomic mass is 9.88. The summed E-state index contributed by atoms with van der Waals surface area (Å²) in [4.78, 5) is 17.8. The standard InChI is InChI=1S/C26H33N3O3/c30-26(20-7-3-1-4-8-20)27-18-23(21-11-12-24-25(17-21)32-19-31-24)29-15-13-28(14-16-29)22-9-5-2-6-10-22/h2,5-6,9-12,17,20,23H,1,3-4,7-8,13-16,18-19H2,(H,27,30)/t23-/m0/s1. The van der Waals surface area contributed by atoms with Crippen LogP contribution in [0.4, 0.5) is 5.69 Å². The number of hydrogen-bond acceptors (Lipinski definition) is 5. The monoisotopic (exact) mass is 435 g/mol. The van der Waals surface area contributed by atoms with Crippen LogP contribution in [0, 0.1) is 5.92 Å². The molecule has 2 aliphatic heterocycles. The average molecular weight is 436 g/mol. The minimum Gasteiger partial charge on any atom is -0.454 e. The van der Waals surface area contributed by atoms with Gasteiger partial charge in [0.25, 0.3) is 0 Å². The fraction of sp³-hybridized carbons (Fsp3) is 0.500. The van der Waals surface area contributed by atoms with E-state index in [-0.39, 0.29) is 24.7 Å². The molecule has 1 aliphatic carbocycles. The molecule has 0 spiro atoms. The highest BCUT2D eigenvalue weighted by molar-refractivity contribution is 5.78. The summed E-state index contributed by atoms with van der Waals surface area (Å²) in [5, 5.41) is 3.29. The zero-order chi connectivity index (χ0) is 21.8. The number of anilines is 1. The molecule has 6 heteroatoms. The van der Waals surface area contributed by atoms with E-state index in [1.54, 1.807) is 0 Å². The molecule has 0 unspecified atom stereocenters. The molecule has 3 aliphatic rings. The molecule has 2 aromatic carbocycles. The minimum atomic E-state index is 0.120. The molecule has 1 amide bonds. The van der Waals surface area contributed by atoms with Crippen molar-refractivity contribution >= 4 is 11.6 Å². The molecule has 1 N–H and O–H groups in total. The van der Waals surface area contributed by atoms with Gasteiger partial charge in [-0.3, -0.25) is 9.69 Å². The van der Waals surface area contributed by atoms with Crippen LogP contribution in [0.25, 0.3) is 0 Å². The van der Waals surface area contributed by atoms with Gasteiger partial charge in [0.2, 0.25) is 12.7 Å². The van der Waals surface area contributed by atoms with Crippen molar-refractivity contribution in [2.24, 2.45) is 5.92 Å². The van der Waals surface area contributed by atoms with Crippen LogP contribution in [-0.4, -0.2) is 50.3 Å². The number of nitrogens with zero attached hydrogens (tertiary/aromatic N) is 2. The summed E-state index contributed by atoms with van der Waals surface area (Å²) in [6, 6.07) is 16.9. The molecule has 6 nitrogen and oxygen atoms in total. The second kappa shape index (κ2) is 9.82. The Balaban J connectivity index is 1.29. The topological polar surface area (TPSA) is 54.0 Å². The first kappa shape index (κ1) is 21.1. The third kappa shape index (κ3) is 4.70. The highest BCUT2D eigenvalue weighted by Gasteiger charge is 2.28. The zero-order valence-electron chi connectivity index (χ0n) is 18.7. The van der Waals surface area contributed by atoms with Gasteiger partial charge in [-0.1, -0.05) is 43.5 Å². The molecule has 1 saturated heterocycles. The number of piperazine rings is 1. The lowest BCUT2D eigenvalue weighted by Crippen LogP contribution is -2.50. The Bertz CT molecular complexity index is 906. The molecule has 2 aromatic rings. The fourth-order valence-electron chi connectivity index (χ4n) is 5.22. The number of rotatable bonds is 6. The van der Waals surface area contributed by atoms with E-state index in [1.165, 1.54) is 30.5 Å². The molecule has 32 heavy (non-hydrogen) atoms. The summed E-state index contributed by atoms with van der Waals surface area (Å²) in [6.07, 6.45) is 5.65. The first-order valence-corrected chi connectivity index (χ1v) is 12.0. The molecule has 2 heterocycles. The van der Waals surface area contributed by atoms with Crippen LogP contribution >= 0.6 is 0 Å². The van der Waals surface area contributed by atoms with Gasteiger partial charge < -0.3 is 19.7 Å². The van der Waals surface area contributed by atoms with Crippen molar-refractivity contribution in [3.8, 4) is 11.5 Å². The molecular formula is C26H33N3O3. The summed E-state index contributed by atoms with van der Waals surface area (Å²) in [5.74, 6) is 2.00. The number of carbonyl (C=O) groups is 1. The van der Waals surface area contributed by atoms with Crippen molar-refractivity contribution in [1.29, 1.82) is 0 Å². The Kier molecular flexibility index (Phi) is 6.49. The Labute approximate surface area is 190 Å². The number of hydrogen-bond donors (Lipinski definition) is 1. The highest BCUT2D eigenvalue weighted by Crippen LogP contribution is 2.36. The number of carbonyl (C=O) groups excluding carboxylic acids is 1. The minimum absolute atomic E-state index is 0.120. The number of para-hydroxylation sites is 1. The number of fused-ring (bicyclic) bond motifs is 1. The van der Waals surface area contributed by atoms with Crippen LogP contribution in [-0.2, 0) is 4.79 Å². The van der Waals surface area contributed by atoms with Crippen molar-refractivity contribution < 1.29 is 14.3 Å². The van der Waals surface area contributed by atoms with Gasteiger partial charge in [0, 0.05) is 44.3 Å². The van der Waals surface area contributed by atoms with Crippen LogP contribution < -0.4 is 19.7 Å². The van der Waals surface area contributed by atoms with Crippen LogP contribution in [0.3, 0.4) is 0 Å². The molecule has 0 radical (unpaired) electrons. The summed E-state index contributed by atoms with van der Waals surface area (Å²) >= 11 is 0. The molecular weight excluding hydrogens is 402 g/mol. The van der Waals surface area contributed by atoms with Crippen molar-refractivity contribution in [2.45, 2.75) is 38.1 Å². The lowest BCUT2D eigenvalue weighted by molar-refractivity contribution is -0.126. The van der Waals surface area contributed by atoms with E-state index in [9.17, 15) is 4.79 Å². The van der Waals surface area contributed by atoms with Gasteiger partial charge in [0.05, 0.1) is 6.04 Å². The number of benzene rings is 2. The van der Waals surface area contributed by atoms with Crippen molar-refractivity contribution in [3.63, 3.8) is 0 Å². The Morgan fingerprint density at radius 3 is 2.47 bits per heavy atom. The van der Waals surface area contributed by atoms with Crippen LogP contribution in [0.2, 0.25) is 0 Å². The molecule has 170 valence electrons. The van der Waals surface area contributed by atoms with Crippen LogP contribution in [0.1, 0.15) is 43.7 Å². The van der Waals surface area contributed by atoms with Gasteiger partial charge in [-0.15, -0.1) is 0 Å². The predicted molar refractivity (Wildman–Crippen MR) is 125 cm³/mol. The molecule has 1 saturated carbocycles. The van der Waals surface area contributed by atoms with Crippen molar-refractivity contribution in [2.75, 3.05) is 44.4 Å². The quantitative estimate of drug-likeness (QED) is 0.744. The van der Waals surface area contributed by atoms with Gasteiger partial charge in [-0.2, -0.15) is 0 Å². The average Bonchev–Trinajstić information content (AvgIpc) is 3.34. The number of ether oxygens (including phenoxy) is 2. The van der Waals surface area contributed by atoms with Crippen LogP contribution in [0.5, 0.6) is 11.5 Å². The SMILES string of the molecule is O=C(NC[C@@H](c1ccc2c(c1)OCO2)N1CCN(c2ccccc2)CC1)C1CCCCC1. The molecule has 5 rings (SSSR count). The fourth-order valence-corrected chi connectivity index (χ4v) is 5.22. The second-order valence-electron chi connectivity index (χ2n) is 9.07. The maximum absolute atomic E-state index is 12.9. The van der Waals surface area contributed by atoms with E-state index in [2.05, 4.69) is 57.6 Å². The normalized spacial score (nSPS) is 20.2. The van der Waals surface area contributed by atoms with E-state index in [0.29, 0.717) is 6.54 Å². The highest BCUT2D eigenvalue weighted by atomic mass is 16.7. The summed E-state index contributed by atoms with van der Waals surface area (Å²) in [6.45, 7) is 4.75. The van der Waals surface area contributed by atoms with Gasteiger partial charge >= 0.3 is 0 Å². The Hall–Kier alpha value is -2.73. The van der Waals surface area contributed by atoms with Crippen LogP contribution in [0.15, 0.2) is 48.5 Å². The maximum atomic E-state index is 12.9.